The fourth-order valence-corrected chi connectivity index (χ4v) is 5.66. The highest BCUT2D eigenvalue weighted by atomic mass is 32.1. The van der Waals surface area contributed by atoms with Gasteiger partial charge in [0.2, 0.25) is 0 Å². The average molecular weight is 414 g/mol. The van der Waals surface area contributed by atoms with E-state index in [0.717, 1.165) is 39.7 Å². The number of rotatable bonds is 4. The molecule has 2 heterocycles. The zero-order valence-electron chi connectivity index (χ0n) is 17.0. The summed E-state index contributed by atoms with van der Waals surface area (Å²) in [5.74, 6) is -0.305. The predicted octanol–water partition coefficient (Wildman–Crippen LogP) is 6.69. The highest BCUT2D eigenvalue weighted by molar-refractivity contribution is 7.19. The van der Waals surface area contributed by atoms with Gasteiger partial charge in [-0.05, 0) is 43.7 Å². The Bertz CT molecular complexity index is 1210. The summed E-state index contributed by atoms with van der Waals surface area (Å²) in [6.07, 6.45) is 4.54. The Morgan fingerprint density at radius 3 is 2.33 bits per heavy atom. The van der Waals surface area contributed by atoms with Crippen molar-refractivity contribution >= 4 is 27.5 Å². The van der Waals surface area contributed by atoms with Crippen LogP contribution in [0, 0.1) is 0 Å². The van der Waals surface area contributed by atoms with Crippen LogP contribution in [0.4, 0.5) is 0 Å². The molecule has 5 rings (SSSR count). The molecule has 0 fully saturated rings. The molecule has 0 unspecified atom stereocenters. The van der Waals surface area contributed by atoms with Crippen molar-refractivity contribution in [2.45, 2.75) is 32.6 Å². The molecular weight excluding hydrogens is 390 g/mol. The van der Waals surface area contributed by atoms with Crippen molar-refractivity contribution in [1.29, 1.82) is 0 Å². The van der Waals surface area contributed by atoms with Crippen LogP contribution in [0.5, 0.6) is 0 Å². The number of aryl methyl sites for hydroxylation is 2. The van der Waals surface area contributed by atoms with Gasteiger partial charge in [-0.3, -0.25) is 0 Å². The number of fused-ring (bicyclic) bond motifs is 3. The average Bonchev–Trinajstić information content (AvgIpc) is 3.17. The number of hydrogen-bond acceptors (Lipinski definition) is 4. The first-order chi connectivity index (χ1) is 14.8. The number of ether oxygens (including phenoxy) is 1. The third kappa shape index (κ3) is 3.21. The Balaban J connectivity index is 1.93. The number of thiophene rings is 1. The van der Waals surface area contributed by atoms with E-state index in [1.54, 1.807) is 11.3 Å². The van der Waals surface area contributed by atoms with Crippen LogP contribution in [0.1, 0.15) is 40.6 Å². The van der Waals surface area contributed by atoms with E-state index >= 15 is 0 Å². The van der Waals surface area contributed by atoms with Gasteiger partial charge in [-0.15, -0.1) is 11.3 Å². The van der Waals surface area contributed by atoms with Crippen LogP contribution in [0.25, 0.3) is 32.6 Å². The van der Waals surface area contributed by atoms with Gasteiger partial charge >= 0.3 is 5.97 Å². The zero-order chi connectivity index (χ0) is 20.5. The van der Waals surface area contributed by atoms with Crippen molar-refractivity contribution in [3.63, 3.8) is 0 Å². The van der Waals surface area contributed by atoms with E-state index < -0.39 is 0 Å². The van der Waals surface area contributed by atoms with Crippen molar-refractivity contribution in [2.24, 2.45) is 0 Å². The highest BCUT2D eigenvalue weighted by Crippen LogP contribution is 2.45. The smallest absolute Gasteiger partial charge is 0.341 e. The standard InChI is InChI=1S/C26H23NO2S/c1-2-29-26(28)23-21(17-11-5-3-6-12-17)22-19-15-9-10-16-20(19)30-25(22)27-24(23)18-13-7-4-8-14-18/h3-8,11-14H,2,9-10,15-16H2,1H3. The number of benzene rings is 2. The molecule has 0 radical (unpaired) electrons. The van der Waals surface area contributed by atoms with Gasteiger partial charge in [-0.1, -0.05) is 60.7 Å². The first-order valence-electron chi connectivity index (χ1n) is 10.5. The molecule has 1 aliphatic rings. The minimum absolute atomic E-state index is 0.305. The van der Waals surface area contributed by atoms with Gasteiger partial charge < -0.3 is 4.74 Å². The Hall–Kier alpha value is -2.98. The normalized spacial score (nSPS) is 13.2. The second-order valence-electron chi connectivity index (χ2n) is 7.55. The number of carbonyl (C=O) groups is 1. The molecule has 0 atom stereocenters. The summed E-state index contributed by atoms with van der Waals surface area (Å²) < 4.78 is 5.55. The summed E-state index contributed by atoms with van der Waals surface area (Å²) in [5, 5.41) is 1.14. The molecule has 4 aromatic rings. The number of carbonyl (C=O) groups excluding carboxylic acids is 1. The molecule has 2 aromatic heterocycles. The van der Waals surface area contributed by atoms with E-state index in [0.29, 0.717) is 17.9 Å². The summed E-state index contributed by atoms with van der Waals surface area (Å²) in [6.45, 7) is 2.18. The quantitative estimate of drug-likeness (QED) is 0.350. The van der Waals surface area contributed by atoms with Crippen molar-refractivity contribution in [3.05, 3.63) is 76.7 Å². The third-order valence-electron chi connectivity index (χ3n) is 5.69. The van der Waals surface area contributed by atoms with Gasteiger partial charge in [0.05, 0.1) is 17.9 Å². The Kier molecular flexibility index (Phi) is 5.09. The number of nitrogens with zero attached hydrogens (tertiary/aromatic N) is 1. The first-order valence-corrected chi connectivity index (χ1v) is 11.4. The van der Waals surface area contributed by atoms with E-state index in [-0.39, 0.29) is 5.97 Å². The summed E-state index contributed by atoms with van der Waals surface area (Å²) in [7, 11) is 0. The third-order valence-corrected chi connectivity index (χ3v) is 6.88. The second-order valence-corrected chi connectivity index (χ2v) is 8.64. The molecule has 30 heavy (non-hydrogen) atoms. The van der Waals surface area contributed by atoms with E-state index in [1.807, 2.05) is 55.5 Å². The lowest BCUT2D eigenvalue weighted by atomic mass is 9.88. The van der Waals surface area contributed by atoms with Gasteiger partial charge in [0, 0.05) is 21.4 Å². The molecule has 0 bridgehead atoms. The summed E-state index contributed by atoms with van der Waals surface area (Å²) in [6, 6.07) is 20.2. The van der Waals surface area contributed by atoms with E-state index in [9.17, 15) is 4.79 Å². The monoisotopic (exact) mass is 413 g/mol. The maximum absolute atomic E-state index is 13.3. The number of aromatic nitrogens is 1. The number of hydrogen-bond donors (Lipinski definition) is 0. The predicted molar refractivity (Wildman–Crippen MR) is 123 cm³/mol. The molecule has 2 aromatic carbocycles. The van der Waals surface area contributed by atoms with Crippen LogP contribution >= 0.6 is 11.3 Å². The molecule has 0 N–H and O–H groups in total. The van der Waals surface area contributed by atoms with Crippen LogP contribution in [0.2, 0.25) is 0 Å². The topological polar surface area (TPSA) is 39.2 Å². The molecule has 0 amide bonds. The zero-order valence-corrected chi connectivity index (χ0v) is 17.8. The minimum Gasteiger partial charge on any atom is -0.462 e. The fourth-order valence-electron chi connectivity index (χ4n) is 4.39. The molecule has 4 heteroatoms. The van der Waals surface area contributed by atoms with Gasteiger partial charge in [-0.2, -0.15) is 0 Å². The fraction of sp³-hybridized carbons (Fsp3) is 0.231. The van der Waals surface area contributed by atoms with Crippen molar-refractivity contribution in [3.8, 4) is 22.4 Å². The lowest BCUT2D eigenvalue weighted by Crippen LogP contribution is -2.11. The van der Waals surface area contributed by atoms with Gasteiger partial charge in [-0.25, -0.2) is 9.78 Å². The van der Waals surface area contributed by atoms with Crippen LogP contribution < -0.4 is 0 Å². The molecule has 1 aliphatic carbocycles. The van der Waals surface area contributed by atoms with Crippen LogP contribution in [0.15, 0.2) is 60.7 Å². The number of esters is 1. The lowest BCUT2D eigenvalue weighted by molar-refractivity contribution is 0.0528. The van der Waals surface area contributed by atoms with E-state index in [1.165, 1.54) is 23.3 Å². The maximum Gasteiger partial charge on any atom is 0.341 e. The molecule has 0 saturated carbocycles. The summed E-state index contributed by atoms with van der Waals surface area (Å²) in [5.41, 5.74) is 5.60. The molecule has 150 valence electrons. The van der Waals surface area contributed by atoms with E-state index in [4.69, 9.17) is 9.72 Å². The van der Waals surface area contributed by atoms with E-state index in [2.05, 4.69) is 12.1 Å². The van der Waals surface area contributed by atoms with Gasteiger partial charge in [0.1, 0.15) is 4.83 Å². The van der Waals surface area contributed by atoms with Gasteiger partial charge in [0.25, 0.3) is 0 Å². The van der Waals surface area contributed by atoms with Crippen molar-refractivity contribution in [1.82, 2.24) is 4.98 Å². The summed E-state index contributed by atoms with van der Waals surface area (Å²) in [4.78, 5) is 20.8. The number of pyridine rings is 1. The minimum atomic E-state index is -0.305. The maximum atomic E-state index is 13.3. The Morgan fingerprint density at radius 1 is 0.967 bits per heavy atom. The van der Waals surface area contributed by atoms with Crippen LogP contribution in [-0.2, 0) is 17.6 Å². The Morgan fingerprint density at radius 2 is 1.63 bits per heavy atom. The molecular formula is C26H23NO2S. The SMILES string of the molecule is CCOC(=O)c1c(-c2ccccc2)nc2sc3c(c2c1-c1ccccc1)CCCC3. The molecule has 0 saturated heterocycles. The van der Waals surface area contributed by atoms with Crippen LogP contribution in [0.3, 0.4) is 0 Å². The second kappa shape index (κ2) is 8.04. The summed E-state index contributed by atoms with van der Waals surface area (Å²) >= 11 is 1.79. The Labute approximate surface area is 180 Å². The van der Waals surface area contributed by atoms with Crippen molar-refractivity contribution < 1.29 is 9.53 Å². The lowest BCUT2D eigenvalue weighted by Gasteiger charge is -2.17. The molecule has 0 aliphatic heterocycles. The molecule has 0 spiro atoms. The largest absolute Gasteiger partial charge is 0.462 e. The van der Waals surface area contributed by atoms with Crippen LogP contribution in [-0.4, -0.2) is 17.6 Å². The highest BCUT2D eigenvalue weighted by Gasteiger charge is 2.28. The van der Waals surface area contributed by atoms with Gasteiger partial charge in [0.15, 0.2) is 0 Å². The first kappa shape index (κ1) is 19.0. The van der Waals surface area contributed by atoms with Crippen molar-refractivity contribution in [2.75, 3.05) is 6.61 Å². The molecule has 3 nitrogen and oxygen atoms in total.